The molecule has 0 N–H and O–H groups in total. The van der Waals surface area contributed by atoms with Crippen LogP contribution in [-0.4, -0.2) is 15.9 Å². The lowest BCUT2D eigenvalue weighted by atomic mass is 10.3. The SMILES string of the molecule is CC[C@@H](C)n1ccc(CO[C@@H](C)CC)n1. The van der Waals surface area contributed by atoms with Crippen molar-refractivity contribution in [2.75, 3.05) is 0 Å². The Bertz CT molecular complexity index is 283. The zero-order chi connectivity index (χ0) is 11.3. The monoisotopic (exact) mass is 210 g/mol. The summed E-state index contributed by atoms with van der Waals surface area (Å²) in [7, 11) is 0. The van der Waals surface area contributed by atoms with Crippen molar-refractivity contribution >= 4 is 0 Å². The first-order valence-electron chi connectivity index (χ1n) is 5.83. The van der Waals surface area contributed by atoms with Crippen LogP contribution in [0.1, 0.15) is 52.3 Å². The van der Waals surface area contributed by atoms with Gasteiger partial charge in [-0.2, -0.15) is 5.10 Å². The molecule has 0 aromatic carbocycles. The molecule has 0 unspecified atom stereocenters. The maximum atomic E-state index is 5.63. The highest BCUT2D eigenvalue weighted by molar-refractivity contribution is 4.97. The zero-order valence-corrected chi connectivity index (χ0v) is 10.2. The van der Waals surface area contributed by atoms with Crippen LogP contribution < -0.4 is 0 Å². The van der Waals surface area contributed by atoms with Crippen LogP contribution in [0.2, 0.25) is 0 Å². The summed E-state index contributed by atoms with van der Waals surface area (Å²) in [5, 5.41) is 4.48. The minimum absolute atomic E-state index is 0.318. The lowest BCUT2D eigenvalue weighted by Crippen LogP contribution is -2.08. The van der Waals surface area contributed by atoms with Crippen LogP contribution in [0, 0.1) is 0 Å². The third kappa shape index (κ3) is 3.67. The van der Waals surface area contributed by atoms with E-state index in [0.29, 0.717) is 18.8 Å². The summed E-state index contributed by atoms with van der Waals surface area (Å²) in [6.07, 6.45) is 4.50. The quantitative estimate of drug-likeness (QED) is 0.721. The summed E-state index contributed by atoms with van der Waals surface area (Å²) in [5.41, 5.74) is 1.02. The van der Waals surface area contributed by atoms with Gasteiger partial charge in [0.1, 0.15) is 0 Å². The molecule has 1 heterocycles. The van der Waals surface area contributed by atoms with Crippen LogP contribution in [-0.2, 0) is 11.3 Å². The van der Waals surface area contributed by atoms with Crippen LogP contribution in [0.3, 0.4) is 0 Å². The van der Waals surface area contributed by atoms with Crippen LogP contribution in [0.4, 0.5) is 0 Å². The number of hydrogen-bond donors (Lipinski definition) is 0. The Kier molecular flexibility index (Phi) is 4.82. The Labute approximate surface area is 92.4 Å². The summed E-state index contributed by atoms with van der Waals surface area (Å²) in [4.78, 5) is 0. The molecule has 0 aliphatic rings. The highest BCUT2D eigenvalue weighted by Gasteiger charge is 2.05. The molecule has 2 atom stereocenters. The summed E-state index contributed by atoms with van der Waals surface area (Å²) in [5.74, 6) is 0. The fourth-order valence-electron chi connectivity index (χ4n) is 1.23. The second-order valence-electron chi connectivity index (χ2n) is 4.07. The van der Waals surface area contributed by atoms with Gasteiger partial charge in [0.15, 0.2) is 0 Å². The second-order valence-corrected chi connectivity index (χ2v) is 4.07. The summed E-state index contributed by atoms with van der Waals surface area (Å²) >= 11 is 0. The molecule has 3 nitrogen and oxygen atoms in total. The Morgan fingerprint density at radius 2 is 2.07 bits per heavy atom. The third-order valence-corrected chi connectivity index (χ3v) is 2.80. The zero-order valence-electron chi connectivity index (χ0n) is 10.2. The van der Waals surface area contributed by atoms with Gasteiger partial charge in [-0.3, -0.25) is 4.68 Å². The predicted molar refractivity (Wildman–Crippen MR) is 61.8 cm³/mol. The van der Waals surface area contributed by atoms with E-state index in [2.05, 4.69) is 32.8 Å². The maximum absolute atomic E-state index is 5.63. The number of hydrogen-bond acceptors (Lipinski definition) is 2. The molecule has 1 rings (SSSR count). The van der Waals surface area contributed by atoms with E-state index in [1.54, 1.807) is 0 Å². The average molecular weight is 210 g/mol. The van der Waals surface area contributed by atoms with Crippen LogP contribution >= 0.6 is 0 Å². The van der Waals surface area contributed by atoms with Gasteiger partial charge in [-0.15, -0.1) is 0 Å². The van der Waals surface area contributed by atoms with E-state index in [9.17, 15) is 0 Å². The number of ether oxygens (including phenoxy) is 1. The molecule has 0 aliphatic carbocycles. The molecule has 0 saturated carbocycles. The Morgan fingerprint density at radius 1 is 1.33 bits per heavy atom. The third-order valence-electron chi connectivity index (χ3n) is 2.80. The smallest absolute Gasteiger partial charge is 0.0910 e. The van der Waals surface area contributed by atoms with E-state index >= 15 is 0 Å². The minimum Gasteiger partial charge on any atom is -0.372 e. The predicted octanol–water partition coefficient (Wildman–Crippen LogP) is 3.17. The Morgan fingerprint density at radius 3 is 2.67 bits per heavy atom. The van der Waals surface area contributed by atoms with Gasteiger partial charge < -0.3 is 4.74 Å². The molecule has 0 radical (unpaired) electrons. The standard InChI is InChI=1S/C12H22N2O/c1-5-10(3)14-8-7-12(13-14)9-15-11(4)6-2/h7-8,10-11H,5-6,9H2,1-4H3/t10-,11+/m1/s1. The van der Waals surface area contributed by atoms with Crippen molar-refractivity contribution in [3.8, 4) is 0 Å². The van der Waals surface area contributed by atoms with Crippen molar-refractivity contribution in [1.82, 2.24) is 9.78 Å². The molecular weight excluding hydrogens is 188 g/mol. The first-order valence-corrected chi connectivity index (χ1v) is 5.83. The first kappa shape index (κ1) is 12.2. The van der Waals surface area contributed by atoms with Crippen molar-refractivity contribution in [1.29, 1.82) is 0 Å². The minimum atomic E-state index is 0.318. The molecule has 0 spiro atoms. The second kappa shape index (κ2) is 5.91. The van der Waals surface area contributed by atoms with E-state index in [0.717, 1.165) is 18.5 Å². The molecule has 0 aliphatic heterocycles. The van der Waals surface area contributed by atoms with Crippen molar-refractivity contribution in [2.45, 2.75) is 59.3 Å². The van der Waals surface area contributed by atoms with E-state index in [1.807, 2.05) is 16.9 Å². The first-order chi connectivity index (χ1) is 7.17. The number of aromatic nitrogens is 2. The van der Waals surface area contributed by atoms with Crippen LogP contribution in [0.25, 0.3) is 0 Å². The topological polar surface area (TPSA) is 27.1 Å². The van der Waals surface area contributed by atoms with Crippen molar-refractivity contribution in [3.63, 3.8) is 0 Å². The summed E-state index contributed by atoms with van der Waals surface area (Å²) in [6, 6.07) is 2.51. The van der Waals surface area contributed by atoms with Crippen molar-refractivity contribution in [2.24, 2.45) is 0 Å². The molecule has 0 saturated heterocycles. The molecule has 1 aromatic rings. The van der Waals surface area contributed by atoms with Gasteiger partial charge in [0.25, 0.3) is 0 Å². The van der Waals surface area contributed by atoms with Gasteiger partial charge in [0.05, 0.1) is 18.4 Å². The highest BCUT2D eigenvalue weighted by atomic mass is 16.5. The number of nitrogens with zero attached hydrogens (tertiary/aromatic N) is 2. The lowest BCUT2D eigenvalue weighted by molar-refractivity contribution is 0.0485. The van der Waals surface area contributed by atoms with E-state index in [4.69, 9.17) is 4.74 Å². The van der Waals surface area contributed by atoms with Crippen molar-refractivity contribution in [3.05, 3.63) is 18.0 Å². The molecule has 0 fully saturated rings. The van der Waals surface area contributed by atoms with Crippen molar-refractivity contribution < 1.29 is 4.74 Å². The Hall–Kier alpha value is -0.830. The molecule has 1 aromatic heterocycles. The van der Waals surface area contributed by atoms with Gasteiger partial charge in [-0.25, -0.2) is 0 Å². The highest BCUT2D eigenvalue weighted by Crippen LogP contribution is 2.10. The summed E-state index contributed by atoms with van der Waals surface area (Å²) < 4.78 is 7.64. The van der Waals surface area contributed by atoms with E-state index < -0.39 is 0 Å². The van der Waals surface area contributed by atoms with Gasteiger partial charge in [0.2, 0.25) is 0 Å². The largest absolute Gasteiger partial charge is 0.372 e. The molecule has 86 valence electrons. The lowest BCUT2D eigenvalue weighted by Gasteiger charge is -2.10. The van der Waals surface area contributed by atoms with E-state index in [1.165, 1.54) is 0 Å². The fraction of sp³-hybridized carbons (Fsp3) is 0.750. The molecule has 0 bridgehead atoms. The summed E-state index contributed by atoms with van der Waals surface area (Å²) in [6.45, 7) is 9.18. The molecule has 3 heteroatoms. The van der Waals surface area contributed by atoms with Crippen LogP contribution in [0.15, 0.2) is 12.3 Å². The van der Waals surface area contributed by atoms with Gasteiger partial charge in [-0.05, 0) is 32.8 Å². The average Bonchev–Trinajstić information content (AvgIpc) is 2.73. The van der Waals surface area contributed by atoms with Gasteiger partial charge in [0, 0.05) is 12.2 Å². The van der Waals surface area contributed by atoms with Gasteiger partial charge in [-0.1, -0.05) is 13.8 Å². The van der Waals surface area contributed by atoms with Crippen LogP contribution in [0.5, 0.6) is 0 Å². The maximum Gasteiger partial charge on any atom is 0.0910 e. The molecular formula is C12H22N2O. The van der Waals surface area contributed by atoms with Gasteiger partial charge >= 0.3 is 0 Å². The number of rotatable bonds is 6. The Balaban J connectivity index is 2.46. The fourth-order valence-corrected chi connectivity index (χ4v) is 1.23. The molecule has 0 amide bonds. The van der Waals surface area contributed by atoms with E-state index in [-0.39, 0.29) is 0 Å². The molecule has 15 heavy (non-hydrogen) atoms. The normalized spacial score (nSPS) is 15.2.